The van der Waals surface area contributed by atoms with E-state index >= 15 is 0 Å². The number of hydrogen-bond acceptors (Lipinski definition) is 0. The summed E-state index contributed by atoms with van der Waals surface area (Å²) in [5.74, 6) is -3.05. The SMILES string of the molecule is CCCCC1CCC(C2CCC(/C(F)=C(/F)C(F)(F)F)CC2)CC1. The summed E-state index contributed by atoms with van der Waals surface area (Å²) in [6.07, 6.45) is 5.67. The van der Waals surface area contributed by atoms with Crippen molar-refractivity contribution in [2.75, 3.05) is 0 Å². The first-order valence-corrected chi connectivity index (χ1v) is 9.45. The van der Waals surface area contributed by atoms with Crippen LogP contribution in [0.2, 0.25) is 0 Å². The molecule has 0 aromatic heterocycles. The number of alkyl halides is 3. The fraction of sp³-hybridized carbons (Fsp3) is 0.895. The van der Waals surface area contributed by atoms with Crippen LogP contribution in [0.25, 0.3) is 0 Å². The largest absolute Gasteiger partial charge is 0.445 e. The fourth-order valence-corrected chi connectivity index (χ4v) is 4.60. The van der Waals surface area contributed by atoms with Gasteiger partial charge in [-0.1, -0.05) is 39.0 Å². The minimum Gasteiger partial charge on any atom is -0.208 e. The molecule has 0 heterocycles. The molecule has 0 nitrogen and oxygen atoms in total. The van der Waals surface area contributed by atoms with E-state index in [0.29, 0.717) is 24.7 Å². The first-order chi connectivity index (χ1) is 11.3. The molecule has 2 aliphatic rings. The van der Waals surface area contributed by atoms with Crippen molar-refractivity contribution in [2.45, 2.75) is 83.7 Å². The van der Waals surface area contributed by atoms with E-state index in [4.69, 9.17) is 0 Å². The number of rotatable bonds is 5. The maximum atomic E-state index is 13.7. The first kappa shape index (κ1) is 19.7. The normalized spacial score (nSPS) is 33.2. The Morgan fingerprint density at radius 2 is 1.33 bits per heavy atom. The molecule has 0 atom stereocenters. The van der Waals surface area contributed by atoms with Crippen LogP contribution in [0.15, 0.2) is 11.7 Å². The maximum absolute atomic E-state index is 13.7. The average Bonchev–Trinajstić information content (AvgIpc) is 2.58. The van der Waals surface area contributed by atoms with Crippen molar-refractivity contribution in [3.8, 4) is 0 Å². The van der Waals surface area contributed by atoms with Crippen molar-refractivity contribution in [1.82, 2.24) is 0 Å². The highest BCUT2D eigenvalue weighted by Crippen LogP contribution is 2.45. The zero-order valence-corrected chi connectivity index (χ0v) is 14.5. The molecule has 0 unspecified atom stereocenters. The van der Waals surface area contributed by atoms with Gasteiger partial charge in [-0.2, -0.15) is 17.6 Å². The van der Waals surface area contributed by atoms with E-state index in [2.05, 4.69) is 6.92 Å². The predicted molar refractivity (Wildman–Crippen MR) is 85.7 cm³/mol. The van der Waals surface area contributed by atoms with Crippen molar-refractivity contribution in [3.05, 3.63) is 11.7 Å². The lowest BCUT2D eigenvalue weighted by molar-refractivity contribution is -0.112. The molecule has 0 N–H and O–H groups in total. The Hall–Kier alpha value is -0.610. The molecule has 0 bridgehead atoms. The maximum Gasteiger partial charge on any atom is 0.445 e. The van der Waals surface area contributed by atoms with Gasteiger partial charge in [0.1, 0.15) is 5.83 Å². The van der Waals surface area contributed by atoms with E-state index in [-0.39, 0.29) is 0 Å². The van der Waals surface area contributed by atoms with Crippen molar-refractivity contribution in [1.29, 1.82) is 0 Å². The van der Waals surface area contributed by atoms with Crippen LogP contribution in [0.5, 0.6) is 0 Å². The summed E-state index contributed by atoms with van der Waals surface area (Å²) >= 11 is 0. The van der Waals surface area contributed by atoms with Crippen LogP contribution < -0.4 is 0 Å². The molecule has 2 saturated carbocycles. The second-order valence-corrected chi connectivity index (χ2v) is 7.69. The van der Waals surface area contributed by atoms with Gasteiger partial charge in [0.2, 0.25) is 5.83 Å². The minimum atomic E-state index is -5.20. The molecule has 140 valence electrons. The molecule has 0 aliphatic heterocycles. The third kappa shape index (κ3) is 5.19. The van der Waals surface area contributed by atoms with Crippen LogP contribution in [-0.4, -0.2) is 6.18 Å². The summed E-state index contributed by atoms with van der Waals surface area (Å²) in [5, 5.41) is 0. The second kappa shape index (κ2) is 8.66. The Morgan fingerprint density at radius 3 is 1.79 bits per heavy atom. The monoisotopic (exact) mass is 352 g/mol. The van der Waals surface area contributed by atoms with Crippen molar-refractivity contribution in [3.63, 3.8) is 0 Å². The predicted octanol–water partition coefficient (Wildman–Crippen LogP) is 7.50. The Bertz CT molecular complexity index is 410. The van der Waals surface area contributed by atoms with E-state index in [1.165, 1.54) is 44.9 Å². The van der Waals surface area contributed by atoms with Crippen LogP contribution in [0.4, 0.5) is 22.0 Å². The lowest BCUT2D eigenvalue weighted by Gasteiger charge is -2.37. The molecular weight excluding hydrogens is 323 g/mol. The molecule has 0 aromatic carbocycles. The summed E-state index contributed by atoms with van der Waals surface area (Å²) in [7, 11) is 0. The van der Waals surface area contributed by atoms with E-state index in [0.717, 1.165) is 18.8 Å². The third-order valence-corrected chi connectivity index (χ3v) is 6.11. The summed E-state index contributed by atoms with van der Waals surface area (Å²) in [5.41, 5.74) is 0. The number of allylic oxidation sites excluding steroid dienone is 2. The zero-order chi connectivity index (χ0) is 17.7. The highest BCUT2D eigenvalue weighted by atomic mass is 19.4. The quantitative estimate of drug-likeness (QED) is 0.449. The Morgan fingerprint density at radius 1 is 0.833 bits per heavy atom. The third-order valence-electron chi connectivity index (χ3n) is 6.11. The van der Waals surface area contributed by atoms with Gasteiger partial charge in [-0.05, 0) is 56.3 Å². The molecule has 5 heteroatoms. The summed E-state index contributed by atoms with van der Waals surface area (Å²) in [6.45, 7) is 2.21. The van der Waals surface area contributed by atoms with Gasteiger partial charge < -0.3 is 0 Å². The van der Waals surface area contributed by atoms with Gasteiger partial charge in [0.15, 0.2) is 0 Å². The highest BCUT2D eigenvalue weighted by molar-refractivity contribution is 5.10. The van der Waals surface area contributed by atoms with Crippen LogP contribution in [-0.2, 0) is 0 Å². The van der Waals surface area contributed by atoms with E-state index in [1.54, 1.807) is 0 Å². The molecule has 0 saturated heterocycles. The standard InChI is InChI=1S/C19H29F5/c1-2-3-4-13-5-7-14(8-6-13)15-9-11-16(12-10-15)17(20)18(21)19(22,23)24/h13-16H,2-12H2,1H3/b18-17-. The molecule has 2 rings (SSSR count). The lowest BCUT2D eigenvalue weighted by atomic mass is 9.68. The van der Waals surface area contributed by atoms with Gasteiger partial charge >= 0.3 is 6.18 Å². The van der Waals surface area contributed by atoms with Gasteiger partial charge in [0.25, 0.3) is 0 Å². The van der Waals surface area contributed by atoms with Crippen LogP contribution >= 0.6 is 0 Å². The molecular formula is C19H29F5. The van der Waals surface area contributed by atoms with Gasteiger partial charge in [-0.3, -0.25) is 0 Å². The summed E-state index contributed by atoms with van der Waals surface area (Å²) in [6, 6.07) is 0. The molecule has 2 fully saturated rings. The molecule has 0 aromatic rings. The topological polar surface area (TPSA) is 0 Å². The Kier molecular flexibility index (Phi) is 7.11. The van der Waals surface area contributed by atoms with Gasteiger partial charge in [0, 0.05) is 5.92 Å². The fourth-order valence-electron chi connectivity index (χ4n) is 4.60. The lowest BCUT2D eigenvalue weighted by Crippen LogP contribution is -2.26. The zero-order valence-electron chi connectivity index (χ0n) is 14.5. The molecule has 2 aliphatic carbocycles. The van der Waals surface area contributed by atoms with Gasteiger partial charge in [0.05, 0.1) is 0 Å². The average molecular weight is 352 g/mol. The van der Waals surface area contributed by atoms with E-state index in [1.807, 2.05) is 0 Å². The smallest absolute Gasteiger partial charge is 0.208 e. The molecule has 0 amide bonds. The van der Waals surface area contributed by atoms with Crippen molar-refractivity contribution in [2.24, 2.45) is 23.7 Å². The van der Waals surface area contributed by atoms with E-state index in [9.17, 15) is 22.0 Å². The van der Waals surface area contributed by atoms with Crippen molar-refractivity contribution >= 4 is 0 Å². The Labute approximate surface area is 141 Å². The van der Waals surface area contributed by atoms with Gasteiger partial charge in [-0.15, -0.1) is 0 Å². The van der Waals surface area contributed by atoms with Crippen LogP contribution in [0, 0.1) is 23.7 Å². The van der Waals surface area contributed by atoms with Gasteiger partial charge in [-0.25, -0.2) is 4.39 Å². The number of halogens is 5. The second-order valence-electron chi connectivity index (χ2n) is 7.69. The first-order valence-electron chi connectivity index (χ1n) is 9.45. The van der Waals surface area contributed by atoms with Crippen LogP contribution in [0.3, 0.4) is 0 Å². The summed E-state index contributed by atoms with van der Waals surface area (Å²) in [4.78, 5) is 0. The van der Waals surface area contributed by atoms with Crippen molar-refractivity contribution < 1.29 is 22.0 Å². The number of hydrogen-bond donors (Lipinski definition) is 0. The molecule has 0 radical (unpaired) electrons. The Balaban J connectivity index is 1.79. The molecule has 0 spiro atoms. The van der Waals surface area contributed by atoms with E-state index < -0.39 is 23.7 Å². The summed E-state index contributed by atoms with van der Waals surface area (Å²) < 4.78 is 63.6. The number of unbranched alkanes of at least 4 members (excludes halogenated alkanes) is 1. The minimum absolute atomic E-state index is 0.343. The molecule has 24 heavy (non-hydrogen) atoms. The highest BCUT2D eigenvalue weighted by Gasteiger charge is 2.41. The van der Waals surface area contributed by atoms with Crippen LogP contribution in [0.1, 0.15) is 77.6 Å².